The summed E-state index contributed by atoms with van der Waals surface area (Å²) < 4.78 is 0. The quantitative estimate of drug-likeness (QED) is 0.358. The SMILES string of the molecule is CC(C)[Si](C(C)C)(C(C)C)[C@H]1CCCC[C@@H]1[Si](C(C)C)(C(C)C)C(C)C. The molecule has 26 heavy (non-hydrogen) atoms. The van der Waals surface area contributed by atoms with Gasteiger partial charge in [-0.05, 0) is 11.1 Å². The van der Waals surface area contributed by atoms with E-state index in [0.29, 0.717) is 0 Å². The van der Waals surface area contributed by atoms with Gasteiger partial charge in [0.15, 0.2) is 0 Å². The van der Waals surface area contributed by atoms with Crippen LogP contribution in [0.3, 0.4) is 0 Å². The second kappa shape index (κ2) is 9.29. The maximum absolute atomic E-state index is 2.60. The van der Waals surface area contributed by atoms with E-state index in [1.165, 1.54) is 12.8 Å². The minimum atomic E-state index is -1.40. The minimum absolute atomic E-state index is 0.909. The summed E-state index contributed by atoms with van der Waals surface area (Å²) in [6, 6.07) is 0. The average Bonchev–Trinajstić information content (AvgIpc) is 2.47. The van der Waals surface area contributed by atoms with E-state index in [-0.39, 0.29) is 0 Å². The monoisotopic (exact) mass is 396 g/mol. The highest BCUT2D eigenvalue weighted by Crippen LogP contribution is 2.65. The zero-order chi connectivity index (χ0) is 20.4. The summed E-state index contributed by atoms with van der Waals surface area (Å²) in [7, 11) is -2.80. The molecule has 0 N–H and O–H groups in total. The lowest BCUT2D eigenvalue weighted by molar-refractivity contribution is 0.450. The molecule has 0 aromatic rings. The summed E-state index contributed by atoms with van der Waals surface area (Å²) in [5.74, 6) is 0. The molecule has 0 radical (unpaired) electrons. The normalized spacial score (nSPS) is 23.3. The maximum Gasteiger partial charge on any atom is 0.0643 e. The predicted molar refractivity (Wildman–Crippen MR) is 128 cm³/mol. The van der Waals surface area contributed by atoms with E-state index in [4.69, 9.17) is 0 Å². The van der Waals surface area contributed by atoms with Crippen LogP contribution in [0.2, 0.25) is 44.3 Å². The summed E-state index contributed by atoms with van der Waals surface area (Å²) >= 11 is 0. The van der Waals surface area contributed by atoms with E-state index in [1.807, 2.05) is 0 Å². The van der Waals surface area contributed by atoms with Gasteiger partial charge in [0, 0.05) is 0 Å². The zero-order valence-electron chi connectivity index (χ0n) is 20.4. The van der Waals surface area contributed by atoms with Gasteiger partial charge in [-0.25, -0.2) is 0 Å². The molecule has 0 bridgehead atoms. The third-order valence-electron chi connectivity index (χ3n) is 9.05. The molecule has 156 valence electrons. The van der Waals surface area contributed by atoms with Crippen LogP contribution in [-0.2, 0) is 0 Å². The van der Waals surface area contributed by atoms with Crippen LogP contribution in [0.4, 0.5) is 0 Å². The summed E-state index contributed by atoms with van der Waals surface area (Å²) in [4.78, 5) is 0. The van der Waals surface area contributed by atoms with Gasteiger partial charge < -0.3 is 0 Å². The average molecular weight is 397 g/mol. The fourth-order valence-electron chi connectivity index (χ4n) is 8.90. The number of hydrogen-bond donors (Lipinski definition) is 0. The van der Waals surface area contributed by atoms with E-state index >= 15 is 0 Å². The van der Waals surface area contributed by atoms with E-state index < -0.39 is 16.1 Å². The first-order chi connectivity index (χ1) is 11.9. The van der Waals surface area contributed by atoms with Crippen LogP contribution in [0.1, 0.15) is 109 Å². The largest absolute Gasteiger partial charge is 0.0651 e. The lowest BCUT2D eigenvalue weighted by Gasteiger charge is -2.60. The van der Waals surface area contributed by atoms with Crippen molar-refractivity contribution in [2.45, 2.75) is 153 Å². The molecule has 1 aliphatic rings. The predicted octanol–water partition coefficient (Wildman–Crippen LogP) is 9.66. The Morgan fingerprint density at radius 2 is 0.615 bits per heavy atom. The summed E-state index contributed by atoms with van der Waals surface area (Å²) in [5.41, 5.74) is 7.58. The van der Waals surface area contributed by atoms with Crippen LogP contribution in [0.5, 0.6) is 0 Å². The molecule has 0 unspecified atom stereocenters. The molecule has 0 saturated heterocycles. The van der Waals surface area contributed by atoms with Gasteiger partial charge in [-0.3, -0.25) is 0 Å². The Labute approximate surface area is 169 Å². The summed E-state index contributed by atoms with van der Waals surface area (Å²) in [6.45, 7) is 31.2. The zero-order valence-corrected chi connectivity index (χ0v) is 22.4. The second-order valence-electron chi connectivity index (χ2n) is 11.4. The van der Waals surface area contributed by atoms with Gasteiger partial charge in [-0.2, -0.15) is 0 Å². The van der Waals surface area contributed by atoms with Crippen LogP contribution in [-0.4, -0.2) is 16.1 Å². The highest BCUT2D eigenvalue weighted by Gasteiger charge is 2.59. The Bertz CT molecular complexity index is 336. The van der Waals surface area contributed by atoms with E-state index in [9.17, 15) is 0 Å². The van der Waals surface area contributed by atoms with Crippen LogP contribution >= 0.6 is 0 Å². The summed E-state index contributed by atoms with van der Waals surface area (Å²) in [6.07, 6.45) is 6.10. The van der Waals surface area contributed by atoms with Crippen molar-refractivity contribution in [3.05, 3.63) is 0 Å². The first kappa shape index (κ1) is 24.5. The van der Waals surface area contributed by atoms with Gasteiger partial charge in [0.25, 0.3) is 0 Å². The van der Waals surface area contributed by atoms with E-state index in [2.05, 4.69) is 83.1 Å². The first-order valence-electron chi connectivity index (χ1n) is 11.9. The smallest absolute Gasteiger partial charge is 0.0643 e. The molecule has 1 saturated carbocycles. The Kier molecular flexibility index (Phi) is 8.74. The van der Waals surface area contributed by atoms with Gasteiger partial charge >= 0.3 is 0 Å². The van der Waals surface area contributed by atoms with Gasteiger partial charge in [0.05, 0.1) is 16.1 Å². The molecule has 0 amide bonds. The van der Waals surface area contributed by atoms with Crippen molar-refractivity contribution in [3.63, 3.8) is 0 Å². The van der Waals surface area contributed by atoms with Crippen LogP contribution < -0.4 is 0 Å². The van der Waals surface area contributed by atoms with E-state index in [0.717, 1.165) is 44.3 Å². The second-order valence-corrected chi connectivity index (χ2v) is 23.8. The highest BCUT2D eigenvalue weighted by atomic mass is 28.3. The Morgan fingerprint density at radius 3 is 0.769 bits per heavy atom. The Hall–Kier alpha value is 0.434. The van der Waals surface area contributed by atoms with Gasteiger partial charge in [-0.15, -0.1) is 0 Å². The van der Waals surface area contributed by atoms with Gasteiger partial charge in [-0.1, -0.05) is 142 Å². The molecule has 2 heteroatoms. The van der Waals surface area contributed by atoms with Crippen molar-refractivity contribution in [2.24, 2.45) is 0 Å². The molecule has 1 rings (SSSR count). The van der Waals surface area contributed by atoms with Gasteiger partial charge in [0.2, 0.25) is 0 Å². The van der Waals surface area contributed by atoms with Crippen molar-refractivity contribution in [1.29, 1.82) is 0 Å². The maximum atomic E-state index is 2.60. The van der Waals surface area contributed by atoms with Crippen molar-refractivity contribution in [2.75, 3.05) is 0 Å². The minimum Gasteiger partial charge on any atom is -0.0651 e. The van der Waals surface area contributed by atoms with Gasteiger partial charge in [0.1, 0.15) is 0 Å². The first-order valence-corrected chi connectivity index (χ1v) is 16.5. The van der Waals surface area contributed by atoms with Crippen LogP contribution in [0.25, 0.3) is 0 Å². The van der Waals surface area contributed by atoms with Crippen LogP contribution in [0.15, 0.2) is 0 Å². The third-order valence-corrected chi connectivity index (χ3v) is 25.3. The molecule has 1 aliphatic carbocycles. The summed E-state index contributed by atoms with van der Waals surface area (Å²) in [5, 5.41) is 0. The fourth-order valence-corrected chi connectivity index (χ4v) is 26.9. The third kappa shape index (κ3) is 3.80. The number of rotatable bonds is 8. The molecule has 0 spiro atoms. The van der Waals surface area contributed by atoms with Crippen molar-refractivity contribution < 1.29 is 0 Å². The molecular weight excluding hydrogens is 344 g/mol. The van der Waals surface area contributed by atoms with Crippen LogP contribution in [0, 0.1) is 0 Å². The number of hydrogen-bond acceptors (Lipinski definition) is 0. The molecule has 2 atom stereocenters. The van der Waals surface area contributed by atoms with Crippen molar-refractivity contribution >= 4 is 16.1 Å². The molecule has 0 nitrogen and oxygen atoms in total. The molecule has 0 aromatic heterocycles. The topological polar surface area (TPSA) is 0 Å². The van der Waals surface area contributed by atoms with E-state index in [1.54, 1.807) is 12.8 Å². The lowest BCUT2D eigenvalue weighted by atomic mass is 9.99. The molecule has 0 heterocycles. The molecule has 1 fully saturated rings. The Balaban J connectivity index is 3.66. The molecular formula is C24H52Si2. The lowest BCUT2D eigenvalue weighted by Crippen LogP contribution is -2.58. The molecule has 0 aromatic carbocycles. The van der Waals surface area contributed by atoms with Crippen molar-refractivity contribution in [1.82, 2.24) is 0 Å². The Morgan fingerprint density at radius 1 is 0.423 bits per heavy atom. The highest BCUT2D eigenvalue weighted by molar-refractivity contribution is 6.90. The standard InChI is InChI=1S/C24H52Si2/c1-17(2)25(18(3)4,19(5)6)23-15-13-14-16-24(23)26(20(7)8,21(9)10)22(11)12/h17-24H,13-16H2,1-12H3/t23-,24-/m0/s1. The molecule has 0 aliphatic heterocycles. The van der Waals surface area contributed by atoms with Crippen molar-refractivity contribution in [3.8, 4) is 0 Å². The fraction of sp³-hybridized carbons (Fsp3) is 1.00.